The summed E-state index contributed by atoms with van der Waals surface area (Å²) < 4.78 is 26.9. The molecular formula is C16H22F2N2O3. The third kappa shape index (κ3) is 6.32. The Hall–Kier alpha value is -2.02. The minimum Gasteiger partial charge on any atom is -0.389 e. The minimum absolute atomic E-state index is 0.0339. The molecular weight excluding hydrogens is 306 g/mol. The van der Waals surface area contributed by atoms with Crippen molar-refractivity contribution in [3.8, 4) is 0 Å². The van der Waals surface area contributed by atoms with E-state index in [1.165, 1.54) is 24.9 Å². The zero-order valence-corrected chi connectivity index (χ0v) is 13.7. The number of rotatable bonds is 6. The molecule has 23 heavy (non-hydrogen) atoms. The van der Waals surface area contributed by atoms with E-state index >= 15 is 0 Å². The number of carbonyl (C=O) groups is 2. The van der Waals surface area contributed by atoms with Gasteiger partial charge < -0.3 is 15.3 Å². The lowest BCUT2D eigenvalue weighted by Crippen LogP contribution is -2.41. The molecule has 1 aromatic carbocycles. The lowest BCUT2D eigenvalue weighted by molar-refractivity contribution is -0.133. The first-order valence-corrected chi connectivity index (χ1v) is 7.18. The molecule has 2 N–H and O–H groups in total. The molecule has 0 heterocycles. The van der Waals surface area contributed by atoms with E-state index in [0.717, 1.165) is 6.07 Å². The Labute approximate surface area is 134 Å². The number of benzene rings is 1. The molecule has 0 aliphatic carbocycles. The fourth-order valence-corrected chi connectivity index (χ4v) is 2.27. The van der Waals surface area contributed by atoms with Gasteiger partial charge in [-0.3, -0.25) is 9.59 Å². The fourth-order valence-electron chi connectivity index (χ4n) is 2.27. The van der Waals surface area contributed by atoms with Crippen molar-refractivity contribution in [1.82, 2.24) is 10.2 Å². The molecule has 0 radical (unpaired) electrons. The molecule has 7 heteroatoms. The Balaban J connectivity index is 2.95. The van der Waals surface area contributed by atoms with E-state index in [4.69, 9.17) is 0 Å². The van der Waals surface area contributed by atoms with Crippen LogP contribution in [0.1, 0.15) is 38.8 Å². The summed E-state index contributed by atoms with van der Waals surface area (Å²) in [6.07, 6.45) is -0.200. The van der Waals surface area contributed by atoms with Gasteiger partial charge in [0.05, 0.1) is 18.1 Å². The average Bonchev–Trinajstić information content (AvgIpc) is 2.35. The number of nitrogens with zero attached hydrogens (tertiary/aromatic N) is 1. The van der Waals surface area contributed by atoms with Crippen LogP contribution < -0.4 is 5.32 Å². The predicted octanol–water partition coefficient (Wildman–Crippen LogP) is 1.76. The summed E-state index contributed by atoms with van der Waals surface area (Å²) >= 11 is 0. The lowest BCUT2D eigenvalue weighted by atomic mass is 10.0. The summed E-state index contributed by atoms with van der Waals surface area (Å²) in [6.45, 7) is 4.45. The van der Waals surface area contributed by atoms with Gasteiger partial charge in [-0.15, -0.1) is 0 Å². The number of likely N-dealkylation sites (N-methyl/N-ethyl adjacent to an activating group) is 1. The molecule has 1 aromatic rings. The van der Waals surface area contributed by atoms with E-state index in [-0.39, 0.29) is 24.4 Å². The van der Waals surface area contributed by atoms with Crippen LogP contribution in [0.5, 0.6) is 0 Å². The van der Waals surface area contributed by atoms with Gasteiger partial charge in [-0.2, -0.15) is 0 Å². The molecule has 1 unspecified atom stereocenters. The molecule has 128 valence electrons. The van der Waals surface area contributed by atoms with Crippen LogP contribution >= 0.6 is 0 Å². The van der Waals surface area contributed by atoms with Crippen LogP contribution in [-0.4, -0.2) is 41.0 Å². The first-order chi connectivity index (χ1) is 10.5. The van der Waals surface area contributed by atoms with Crippen LogP contribution in [-0.2, 0) is 9.59 Å². The summed E-state index contributed by atoms with van der Waals surface area (Å²) in [6, 6.07) is 2.06. The van der Waals surface area contributed by atoms with E-state index in [9.17, 15) is 23.5 Å². The van der Waals surface area contributed by atoms with Gasteiger partial charge in [0, 0.05) is 32.1 Å². The van der Waals surface area contributed by atoms with Crippen molar-refractivity contribution in [3.05, 3.63) is 35.4 Å². The second-order valence-corrected chi connectivity index (χ2v) is 6.19. The largest absolute Gasteiger partial charge is 0.389 e. The lowest BCUT2D eigenvalue weighted by Gasteiger charge is -2.27. The Bertz CT molecular complexity index is 585. The molecule has 0 saturated heterocycles. The summed E-state index contributed by atoms with van der Waals surface area (Å²) in [5.41, 5.74) is -1.04. The van der Waals surface area contributed by atoms with Crippen LogP contribution in [0.2, 0.25) is 0 Å². The highest BCUT2D eigenvalue weighted by Crippen LogP contribution is 2.22. The van der Waals surface area contributed by atoms with E-state index < -0.39 is 29.2 Å². The molecule has 1 atom stereocenters. The van der Waals surface area contributed by atoms with Crippen LogP contribution in [0.15, 0.2) is 18.2 Å². The van der Waals surface area contributed by atoms with Crippen molar-refractivity contribution >= 4 is 11.8 Å². The smallest absolute Gasteiger partial charge is 0.224 e. The van der Waals surface area contributed by atoms with Crippen LogP contribution in [0, 0.1) is 11.6 Å². The number of hydrogen-bond donors (Lipinski definition) is 2. The summed E-state index contributed by atoms with van der Waals surface area (Å²) in [5.74, 6) is -2.38. The maximum absolute atomic E-state index is 13.9. The monoisotopic (exact) mass is 328 g/mol. The summed E-state index contributed by atoms with van der Waals surface area (Å²) in [4.78, 5) is 24.8. The zero-order valence-electron chi connectivity index (χ0n) is 13.7. The second-order valence-electron chi connectivity index (χ2n) is 6.19. The highest BCUT2D eigenvalue weighted by Gasteiger charge is 2.25. The topological polar surface area (TPSA) is 69.6 Å². The van der Waals surface area contributed by atoms with Crippen LogP contribution in [0.4, 0.5) is 8.78 Å². The third-order valence-corrected chi connectivity index (χ3v) is 3.14. The Morgan fingerprint density at radius 3 is 2.43 bits per heavy atom. The number of carbonyl (C=O) groups excluding carboxylic acids is 2. The molecule has 2 amide bonds. The summed E-state index contributed by atoms with van der Waals surface area (Å²) in [7, 11) is 1.51. The Kier molecular flexibility index (Phi) is 6.20. The zero-order chi connectivity index (χ0) is 17.8. The normalized spacial score (nSPS) is 12.7. The van der Waals surface area contributed by atoms with Crippen LogP contribution in [0.3, 0.4) is 0 Å². The van der Waals surface area contributed by atoms with E-state index in [0.29, 0.717) is 6.07 Å². The average molecular weight is 328 g/mol. The van der Waals surface area contributed by atoms with Gasteiger partial charge in [0.15, 0.2) is 0 Å². The molecule has 5 nitrogen and oxygen atoms in total. The number of nitrogens with one attached hydrogen (secondary N) is 1. The standard InChI is InChI=1S/C16H22F2N2O3/c1-10(21)19-14(12-6-5-11(17)7-13(12)18)8-15(22)20(4)9-16(2,3)23/h5-7,14,23H,8-9H2,1-4H3,(H,19,21). The second kappa shape index (κ2) is 7.50. The van der Waals surface area contributed by atoms with Gasteiger partial charge >= 0.3 is 0 Å². The minimum atomic E-state index is -1.07. The van der Waals surface area contributed by atoms with E-state index in [1.807, 2.05) is 0 Å². The van der Waals surface area contributed by atoms with Gasteiger partial charge in [-0.25, -0.2) is 8.78 Å². The van der Waals surface area contributed by atoms with Crippen molar-refractivity contribution in [2.75, 3.05) is 13.6 Å². The molecule has 0 spiro atoms. The van der Waals surface area contributed by atoms with E-state index in [1.54, 1.807) is 13.8 Å². The maximum atomic E-state index is 13.9. The fraction of sp³-hybridized carbons (Fsp3) is 0.500. The molecule has 0 saturated carbocycles. The maximum Gasteiger partial charge on any atom is 0.224 e. The number of hydrogen-bond acceptors (Lipinski definition) is 3. The van der Waals surface area contributed by atoms with E-state index in [2.05, 4.69) is 5.32 Å². The number of halogens is 2. The molecule has 1 rings (SSSR count). The van der Waals surface area contributed by atoms with Gasteiger partial charge in [0.25, 0.3) is 0 Å². The first kappa shape index (κ1) is 19.0. The predicted molar refractivity (Wildman–Crippen MR) is 81.5 cm³/mol. The van der Waals surface area contributed by atoms with Crippen molar-refractivity contribution < 1.29 is 23.5 Å². The van der Waals surface area contributed by atoms with Crippen LogP contribution in [0.25, 0.3) is 0 Å². The Morgan fingerprint density at radius 1 is 1.35 bits per heavy atom. The van der Waals surface area contributed by atoms with Gasteiger partial charge in [0.1, 0.15) is 11.6 Å². The van der Waals surface area contributed by atoms with Crippen molar-refractivity contribution in [3.63, 3.8) is 0 Å². The SMILES string of the molecule is CC(=O)NC(CC(=O)N(C)CC(C)(C)O)c1ccc(F)cc1F. The molecule has 0 aliphatic heterocycles. The van der Waals surface area contributed by atoms with Crippen molar-refractivity contribution in [2.24, 2.45) is 0 Å². The van der Waals surface area contributed by atoms with Crippen molar-refractivity contribution in [2.45, 2.75) is 38.8 Å². The molecule has 0 bridgehead atoms. The third-order valence-electron chi connectivity index (χ3n) is 3.14. The molecule has 0 aromatic heterocycles. The highest BCUT2D eigenvalue weighted by molar-refractivity contribution is 5.79. The van der Waals surface area contributed by atoms with Crippen molar-refractivity contribution in [1.29, 1.82) is 0 Å². The van der Waals surface area contributed by atoms with Gasteiger partial charge in [-0.1, -0.05) is 6.07 Å². The highest BCUT2D eigenvalue weighted by atomic mass is 19.1. The molecule has 0 fully saturated rings. The first-order valence-electron chi connectivity index (χ1n) is 7.18. The summed E-state index contributed by atoms with van der Waals surface area (Å²) in [5, 5.41) is 12.2. The Morgan fingerprint density at radius 2 is 1.96 bits per heavy atom. The quantitative estimate of drug-likeness (QED) is 0.836. The number of aliphatic hydroxyl groups is 1. The number of amides is 2. The van der Waals surface area contributed by atoms with Gasteiger partial charge in [-0.05, 0) is 19.9 Å². The molecule has 0 aliphatic rings. The van der Waals surface area contributed by atoms with Gasteiger partial charge in [0.2, 0.25) is 11.8 Å².